The summed E-state index contributed by atoms with van der Waals surface area (Å²) in [5.41, 5.74) is 8.88. The summed E-state index contributed by atoms with van der Waals surface area (Å²) in [5.74, 6) is -0.553. The number of nitrogens with one attached hydrogen (secondary N) is 3. The predicted molar refractivity (Wildman–Crippen MR) is 164 cm³/mol. The lowest BCUT2D eigenvalue weighted by atomic mass is 9.98. The van der Waals surface area contributed by atoms with E-state index in [-0.39, 0.29) is 18.1 Å². The van der Waals surface area contributed by atoms with Gasteiger partial charge in [0.2, 0.25) is 0 Å². The quantitative estimate of drug-likeness (QED) is 0.140. The van der Waals surface area contributed by atoms with Crippen molar-refractivity contribution in [3.63, 3.8) is 0 Å². The van der Waals surface area contributed by atoms with Crippen molar-refractivity contribution in [2.75, 3.05) is 6.61 Å². The minimum atomic E-state index is -1.05. The molecule has 1 amide bonds. The molecule has 0 aliphatic carbocycles. The molecule has 218 valence electrons. The number of fused-ring (bicyclic) bond motifs is 1. The molecule has 0 fully saturated rings. The maximum atomic E-state index is 13.6. The van der Waals surface area contributed by atoms with Crippen LogP contribution in [0.3, 0.4) is 0 Å². The molecule has 5 aromatic rings. The van der Waals surface area contributed by atoms with Gasteiger partial charge in [0.25, 0.3) is 5.91 Å². The van der Waals surface area contributed by atoms with Crippen molar-refractivity contribution in [2.45, 2.75) is 47.1 Å². The Bertz CT molecular complexity index is 1790. The molecule has 0 saturated heterocycles. The van der Waals surface area contributed by atoms with Crippen LogP contribution in [0, 0.1) is 27.7 Å². The largest absolute Gasteiger partial charge is 0.494 e. The molecule has 0 unspecified atom stereocenters. The number of carboxylic acid groups (broad SMARTS) is 1. The van der Waals surface area contributed by atoms with Gasteiger partial charge in [0.05, 0.1) is 17.8 Å². The molecule has 42 heavy (non-hydrogen) atoms. The van der Waals surface area contributed by atoms with Gasteiger partial charge in [0.15, 0.2) is 0 Å². The molecule has 0 atom stereocenters. The molecule has 0 aliphatic heterocycles. The maximum Gasteiger partial charge on any atom is 0.352 e. The normalized spacial score (nSPS) is 11.3. The van der Waals surface area contributed by atoms with Crippen molar-refractivity contribution >= 4 is 34.4 Å². The number of amides is 1. The first-order valence-corrected chi connectivity index (χ1v) is 14.2. The number of rotatable bonds is 10. The van der Waals surface area contributed by atoms with Gasteiger partial charge in [-0.25, -0.2) is 4.79 Å². The van der Waals surface area contributed by atoms with Crippen LogP contribution >= 0.6 is 11.6 Å². The van der Waals surface area contributed by atoms with E-state index in [0.29, 0.717) is 30.7 Å². The first kappa shape index (κ1) is 29.0. The number of aryl methyl sites for hydroxylation is 5. The number of para-hydroxylation sites is 1. The summed E-state index contributed by atoms with van der Waals surface area (Å²) < 4.78 is 7.92. The van der Waals surface area contributed by atoms with E-state index < -0.39 is 5.97 Å². The van der Waals surface area contributed by atoms with Crippen LogP contribution in [-0.4, -0.2) is 43.3 Å². The van der Waals surface area contributed by atoms with Crippen LogP contribution in [0.2, 0.25) is 5.02 Å². The standard InChI is InChI=1S/C32H34ClN5O4/c1-17-12-22(13-18(2)28(17)33)42-11-7-10-24-23-8-6-9-25(27-19(3)37-38(5)20(27)4)29(23)36-30(24)31(39)35-16-21-14-26(32(40)41)34-15-21/h6,8-9,12-15,34,36H,7,10-11,16H2,1-5H3,(H,35,39)(H,40,41). The molecule has 3 aromatic heterocycles. The van der Waals surface area contributed by atoms with E-state index in [2.05, 4.69) is 20.4 Å². The van der Waals surface area contributed by atoms with Crippen molar-refractivity contribution < 1.29 is 19.4 Å². The lowest BCUT2D eigenvalue weighted by Crippen LogP contribution is -2.24. The molecular formula is C32H34ClN5O4. The molecule has 3 heterocycles. The number of carboxylic acids is 1. The Kier molecular flexibility index (Phi) is 8.13. The molecule has 0 aliphatic rings. The van der Waals surface area contributed by atoms with Crippen molar-refractivity contribution in [2.24, 2.45) is 7.05 Å². The highest BCUT2D eigenvalue weighted by molar-refractivity contribution is 6.32. The number of carbonyl (C=O) groups is 2. The Labute approximate surface area is 248 Å². The summed E-state index contributed by atoms with van der Waals surface area (Å²) in [7, 11) is 1.92. The highest BCUT2D eigenvalue weighted by atomic mass is 35.5. The molecule has 0 bridgehead atoms. The topological polar surface area (TPSA) is 125 Å². The first-order valence-electron chi connectivity index (χ1n) is 13.8. The lowest BCUT2D eigenvalue weighted by Gasteiger charge is -2.11. The van der Waals surface area contributed by atoms with Gasteiger partial charge in [0, 0.05) is 47.0 Å². The monoisotopic (exact) mass is 587 g/mol. The first-order chi connectivity index (χ1) is 20.0. The van der Waals surface area contributed by atoms with E-state index in [0.717, 1.165) is 60.9 Å². The minimum Gasteiger partial charge on any atom is -0.494 e. The molecule has 10 heteroatoms. The van der Waals surface area contributed by atoms with E-state index in [4.69, 9.17) is 16.3 Å². The van der Waals surface area contributed by atoms with Crippen LogP contribution in [-0.2, 0) is 20.0 Å². The molecule has 0 spiro atoms. The molecule has 0 radical (unpaired) electrons. The van der Waals surface area contributed by atoms with Crippen LogP contribution in [0.4, 0.5) is 0 Å². The summed E-state index contributed by atoms with van der Waals surface area (Å²) in [6, 6.07) is 11.5. The van der Waals surface area contributed by atoms with Gasteiger partial charge in [-0.3, -0.25) is 9.48 Å². The van der Waals surface area contributed by atoms with E-state index in [9.17, 15) is 14.7 Å². The van der Waals surface area contributed by atoms with Crippen molar-refractivity contribution in [1.82, 2.24) is 25.1 Å². The minimum absolute atomic E-state index is 0.0727. The van der Waals surface area contributed by atoms with Crippen molar-refractivity contribution in [1.29, 1.82) is 0 Å². The summed E-state index contributed by atoms with van der Waals surface area (Å²) in [4.78, 5) is 30.9. The number of hydrogen-bond acceptors (Lipinski definition) is 4. The maximum absolute atomic E-state index is 13.6. The summed E-state index contributed by atoms with van der Waals surface area (Å²) in [5, 5.41) is 18.4. The van der Waals surface area contributed by atoms with E-state index >= 15 is 0 Å². The average molecular weight is 588 g/mol. The highest BCUT2D eigenvalue weighted by Gasteiger charge is 2.22. The lowest BCUT2D eigenvalue weighted by molar-refractivity contribution is 0.0691. The van der Waals surface area contributed by atoms with Gasteiger partial charge in [0.1, 0.15) is 17.1 Å². The smallest absolute Gasteiger partial charge is 0.352 e. The predicted octanol–water partition coefficient (Wildman–Crippen LogP) is 6.42. The number of aromatic carboxylic acids is 1. The third-order valence-electron chi connectivity index (χ3n) is 7.62. The highest BCUT2D eigenvalue weighted by Crippen LogP contribution is 2.35. The fourth-order valence-corrected chi connectivity index (χ4v) is 5.57. The Balaban J connectivity index is 1.44. The Morgan fingerprint density at radius 1 is 1.12 bits per heavy atom. The second kappa shape index (κ2) is 11.8. The molecule has 2 aromatic carbocycles. The number of benzene rings is 2. The van der Waals surface area contributed by atoms with Crippen molar-refractivity contribution in [3.8, 4) is 16.9 Å². The van der Waals surface area contributed by atoms with E-state index in [1.54, 1.807) is 6.20 Å². The van der Waals surface area contributed by atoms with Gasteiger partial charge in [-0.05, 0) is 81.0 Å². The number of carbonyl (C=O) groups excluding carboxylic acids is 1. The van der Waals surface area contributed by atoms with Gasteiger partial charge in [-0.15, -0.1) is 0 Å². The number of H-pyrrole nitrogens is 2. The van der Waals surface area contributed by atoms with Crippen LogP contribution in [0.1, 0.15) is 61.0 Å². The number of hydrogen-bond donors (Lipinski definition) is 4. The molecule has 9 nitrogen and oxygen atoms in total. The SMILES string of the molecule is Cc1cc(OCCCc2c(C(=O)NCc3c[nH]c(C(=O)O)c3)[nH]c3c(-c4c(C)nn(C)c4C)cccc23)cc(C)c1Cl. The van der Waals surface area contributed by atoms with Gasteiger partial charge < -0.3 is 25.1 Å². The zero-order valence-electron chi connectivity index (χ0n) is 24.3. The summed E-state index contributed by atoms with van der Waals surface area (Å²) in [6.45, 7) is 8.58. The second-order valence-corrected chi connectivity index (χ2v) is 11.0. The van der Waals surface area contributed by atoms with E-state index in [1.807, 2.05) is 69.8 Å². The third kappa shape index (κ3) is 5.65. The molecule has 0 saturated carbocycles. The van der Waals surface area contributed by atoms with Gasteiger partial charge >= 0.3 is 5.97 Å². The van der Waals surface area contributed by atoms with E-state index in [1.165, 1.54) is 6.07 Å². The van der Waals surface area contributed by atoms with Crippen LogP contribution in [0.25, 0.3) is 22.0 Å². The van der Waals surface area contributed by atoms with Crippen LogP contribution < -0.4 is 10.1 Å². The fourth-order valence-electron chi connectivity index (χ4n) is 5.46. The number of halogens is 1. The average Bonchev–Trinajstić information content (AvgIpc) is 3.64. The zero-order valence-corrected chi connectivity index (χ0v) is 25.1. The van der Waals surface area contributed by atoms with Crippen LogP contribution in [0.5, 0.6) is 5.75 Å². The number of ether oxygens (including phenoxy) is 1. The Morgan fingerprint density at radius 3 is 2.50 bits per heavy atom. The Hall–Kier alpha value is -4.50. The summed E-state index contributed by atoms with van der Waals surface area (Å²) >= 11 is 6.31. The molecular weight excluding hydrogens is 554 g/mol. The summed E-state index contributed by atoms with van der Waals surface area (Å²) in [6.07, 6.45) is 2.87. The zero-order chi connectivity index (χ0) is 30.1. The number of aromatic amines is 2. The third-order valence-corrected chi connectivity index (χ3v) is 8.22. The fraction of sp³-hybridized carbons (Fsp3) is 0.281. The van der Waals surface area contributed by atoms with Gasteiger partial charge in [-0.2, -0.15) is 5.10 Å². The van der Waals surface area contributed by atoms with Crippen molar-refractivity contribution in [3.05, 3.63) is 92.6 Å². The van der Waals surface area contributed by atoms with Crippen LogP contribution in [0.15, 0.2) is 42.6 Å². The second-order valence-electron chi connectivity index (χ2n) is 10.6. The van der Waals surface area contributed by atoms with Gasteiger partial charge in [-0.1, -0.05) is 29.8 Å². The number of aromatic nitrogens is 4. The molecule has 4 N–H and O–H groups in total. The molecule has 5 rings (SSSR count). The Morgan fingerprint density at radius 2 is 1.86 bits per heavy atom. The number of nitrogens with zero attached hydrogens (tertiary/aromatic N) is 2.